The zero-order valence-corrected chi connectivity index (χ0v) is 18.6. The normalized spacial score (nSPS) is 14.0. The van der Waals surface area contributed by atoms with Gasteiger partial charge in [-0.15, -0.1) is 0 Å². The van der Waals surface area contributed by atoms with Crippen molar-refractivity contribution in [3.63, 3.8) is 0 Å². The second kappa shape index (κ2) is 7.79. The fraction of sp³-hybridized carbons (Fsp3) is 0.571. The molecule has 0 saturated carbocycles. The van der Waals surface area contributed by atoms with Crippen LogP contribution in [0.15, 0.2) is 22.7 Å². The number of hydrogen-bond acceptors (Lipinski definition) is 8. The fourth-order valence-corrected chi connectivity index (χ4v) is 2.88. The van der Waals surface area contributed by atoms with Crippen LogP contribution in [-0.2, 0) is 22.4 Å². The summed E-state index contributed by atoms with van der Waals surface area (Å²) >= 11 is 0. The zero-order chi connectivity index (χ0) is 22.2. The first-order valence-corrected chi connectivity index (χ1v) is 9.85. The van der Waals surface area contributed by atoms with E-state index in [-0.39, 0.29) is 12.3 Å². The number of ether oxygens (including phenoxy) is 3. The molecule has 164 valence electrons. The number of alkyl carbamates (subject to hydrolysis) is 1. The van der Waals surface area contributed by atoms with Gasteiger partial charge in [0.2, 0.25) is 12.7 Å². The summed E-state index contributed by atoms with van der Waals surface area (Å²) in [7, 11) is 0. The van der Waals surface area contributed by atoms with Crippen LogP contribution in [-0.4, -0.2) is 28.6 Å². The number of nitrogens with one attached hydrogen (secondary N) is 2. The van der Waals surface area contributed by atoms with E-state index in [1.807, 2.05) is 18.2 Å². The van der Waals surface area contributed by atoms with Gasteiger partial charge in [0, 0.05) is 5.54 Å². The Hall–Kier alpha value is -2.81. The van der Waals surface area contributed by atoms with E-state index in [4.69, 9.17) is 18.7 Å². The van der Waals surface area contributed by atoms with E-state index in [1.54, 1.807) is 34.6 Å². The van der Waals surface area contributed by atoms with Crippen molar-refractivity contribution in [3.8, 4) is 11.5 Å². The second-order valence-corrected chi connectivity index (χ2v) is 9.31. The van der Waals surface area contributed by atoms with E-state index in [2.05, 4.69) is 34.6 Å². The standard InChI is InChI=1S/C21H30N4O5/c1-19(2,3)29-18(26)24-21(6,7)17-23-16(30-25-17)11-22-20(4,5)13-8-9-14-15(10-13)28-12-27-14/h8-10,22H,11-12H2,1-7H3,(H,24,26). The molecule has 30 heavy (non-hydrogen) atoms. The highest BCUT2D eigenvalue weighted by Crippen LogP contribution is 2.35. The van der Waals surface area contributed by atoms with Crippen molar-refractivity contribution < 1.29 is 23.5 Å². The van der Waals surface area contributed by atoms with Crippen LogP contribution < -0.4 is 20.1 Å². The summed E-state index contributed by atoms with van der Waals surface area (Å²) in [6.07, 6.45) is -0.541. The molecule has 0 saturated heterocycles. The molecular weight excluding hydrogens is 388 g/mol. The van der Waals surface area contributed by atoms with Crippen molar-refractivity contribution in [2.24, 2.45) is 0 Å². The van der Waals surface area contributed by atoms with Crippen molar-refractivity contribution in [3.05, 3.63) is 35.5 Å². The maximum Gasteiger partial charge on any atom is 0.408 e. The van der Waals surface area contributed by atoms with Gasteiger partial charge in [0.1, 0.15) is 11.1 Å². The van der Waals surface area contributed by atoms with Crippen molar-refractivity contribution in [2.75, 3.05) is 6.79 Å². The summed E-state index contributed by atoms with van der Waals surface area (Å²) < 4.78 is 21.5. The molecule has 2 N–H and O–H groups in total. The van der Waals surface area contributed by atoms with Crippen LogP contribution in [0.1, 0.15) is 65.7 Å². The van der Waals surface area contributed by atoms with Gasteiger partial charge in [-0.2, -0.15) is 4.98 Å². The molecule has 1 aliphatic heterocycles. The third-order valence-electron chi connectivity index (χ3n) is 4.62. The van der Waals surface area contributed by atoms with Crippen molar-refractivity contribution in [2.45, 2.75) is 71.7 Å². The minimum Gasteiger partial charge on any atom is -0.454 e. The molecule has 0 unspecified atom stereocenters. The van der Waals surface area contributed by atoms with Crippen LogP contribution in [0.3, 0.4) is 0 Å². The highest BCUT2D eigenvalue weighted by molar-refractivity contribution is 5.68. The second-order valence-electron chi connectivity index (χ2n) is 9.31. The number of nitrogens with zero attached hydrogens (tertiary/aromatic N) is 2. The minimum atomic E-state index is -0.850. The van der Waals surface area contributed by atoms with Gasteiger partial charge in [0.15, 0.2) is 17.3 Å². The summed E-state index contributed by atoms with van der Waals surface area (Å²) in [6.45, 7) is 13.7. The van der Waals surface area contributed by atoms with E-state index < -0.39 is 17.2 Å². The predicted molar refractivity (Wildman–Crippen MR) is 109 cm³/mol. The first-order valence-electron chi connectivity index (χ1n) is 9.85. The van der Waals surface area contributed by atoms with E-state index in [1.165, 1.54) is 0 Å². The average Bonchev–Trinajstić information content (AvgIpc) is 3.26. The molecule has 0 aliphatic carbocycles. The molecule has 9 heteroatoms. The Kier molecular flexibility index (Phi) is 5.68. The molecule has 1 aromatic heterocycles. The van der Waals surface area contributed by atoms with Gasteiger partial charge in [-0.1, -0.05) is 11.2 Å². The molecule has 3 rings (SSSR count). The molecule has 9 nitrogen and oxygen atoms in total. The Morgan fingerprint density at radius 3 is 2.47 bits per heavy atom. The van der Waals surface area contributed by atoms with Gasteiger partial charge in [0.05, 0.1) is 6.54 Å². The number of carbonyl (C=O) groups is 1. The molecule has 2 aromatic rings. The van der Waals surface area contributed by atoms with E-state index >= 15 is 0 Å². The quantitative estimate of drug-likeness (QED) is 0.733. The van der Waals surface area contributed by atoms with Crippen LogP contribution in [0.2, 0.25) is 0 Å². The molecule has 1 aromatic carbocycles. The first-order chi connectivity index (χ1) is 13.9. The van der Waals surface area contributed by atoms with Crippen molar-refractivity contribution in [1.82, 2.24) is 20.8 Å². The largest absolute Gasteiger partial charge is 0.454 e. The maximum absolute atomic E-state index is 12.1. The SMILES string of the molecule is CC(C)(C)OC(=O)NC(C)(C)c1noc(CNC(C)(C)c2ccc3c(c2)OCO3)n1. The number of carbonyl (C=O) groups excluding carboxylic acids is 1. The third-order valence-corrected chi connectivity index (χ3v) is 4.62. The first kappa shape index (κ1) is 21.9. The summed E-state index contributed by atoms with van der Waals surface area (Å²) in [5, 5.41) is 10.2. The van der Waals surface area contributed by atoms with E-state index in [9.17, 15) is 4.79 Å². The minimum absolute atomic E-state index is 0.241. The summed E-state index contributed by atoms with van der Waals surface area (Å²) in [5.74, 6) is 2.26. The van der Waals surface area contributed by atoms with Crippen molar-refractivity contribution in [1.29, 1.82) is 0 Å². The lowest BCUT2D eigenvalue weighted by molar-refractivity contribution is 0.0465. The third kappa shape index (κ3) is 5.21. The van der Waals surface area contributed by atoms with Gasteiger partial charge in [-0.25, -0.2) is 4.79 Å². The van der Waals surface area contributed by atoms with Gasteiger partial charge in [-0.05, 0) is 66.2 Å². The van der Waals surface area contributed by atoms with Gasteiger partial charge in [0.25, 0.3) is 0 Å². The molecule has 1 aliphatic rings. The summed E-state index contributed by atoms with van der Waals surface area (Å²) in [5.41, 5.74) is -0.776. The van der Waals surface area contributed by atoms with Crippen LogP contribution in [0, 0.1) is 0 Å². The van der Waals surface area contributed by atoms with Gasteiger partial charge >= 0.3 is 6.09 Å². The van der Waals surface area contributed by atoms with Crippen molar-refractivity contribution >= 4 is 6.09 Å². The van der Waals surface area contributed by atoms with E-state index in [0.717, 1.165) is 17.1 Å². The molecule has 0 bridgehead atoms. The summed E-state index contributed by atoms with van der Waals surface area (Å²) in [4.78, 5) is 16.5. The number of hydrogen-bond donors (Lipinski definition) is 2. The topological polar surface area (TPSA) is 108 Å². The maximum atomic E-state index is 12.1. The Morgan fingerprint density at radius 1 is 1.07 bits per heavy atom. The lowest BCUT2D eigenvalue weighted by Crippen LogP contribution is -2.44. The molecule has 0 fully saturated rings. The lowest BCUT2D eigenvalue weighted by Gasteiger charge is -2.26. The highest BCUT2D eigenvalue weighted by atomic mass is 16.7. The molecule has 0 atom stereocenters. The highest BCUT2D eigenvalue weighted by Gasteiger charge is 2.31. The monoisotopic (exact) mass is 418 g/mol. The van der Waals surface area contributed by atoms with Crippen LogP contribution in [0.5, 0.6) is 11.5 Å². The Morgan fingerprint density at radius 2 is 1.77 bits per heavy atom. The zero-order valence-electron chi connectivity index (χ0n) is 18.6. The molecule has 0 radical (unpaired) electrons. The number of fused-ring (bicyclic) bond motifs is 1. The number of amides is 1. The fourth-order valence-electron chi connectivity index (χ4n) is 2.88. The van der Waals surface area contributed by atoms with E-state index in [0.29, 0.717) is 18.3 Å². The van der Waals surface area contributed by atoms with Crippen LogP contribution in [0.4, 0.5) is 4.79 Å². The van der Waals surface area contributed by atoms with Gasteiger partial charge < -0.3 is 24.1 Å². The number of aromatic nitrogens is 2. The molecule has 2 heterocycles. The Labute approximate surface area is 176 Å². The Bertz CT molecular complexity index is 914. The summed E-state index contributed by atoms with van der Waals surface area (Å²) in [6, 6.07) is 5.85. The van der Waals surface area contributed by atoms with Crippen LogP contribution in [0.25, 0.3) is 0 Å². The molecule has 1 amide bonds. The van der Waals surface area contributed by atoms with Gasteiger partial charge in [-0.3, -0.25) is 5.32 Å². The van der Waals surface area contributed by atoms with Crippen LogP contribution >= 0.6 is 0 Å². The molecular formula is C21H30N4O5. The smallest absolute Gasteiger partial charge is 0.408 e. The molecule has 0 spiro atoms. The number of rotatable bonds is 6. The predicted octanol–water partition coefficient (Wildman–Crippen LogP) is 3.58. The lowest BCUT2D eigenvalue weighted by atomic mass is 9.94. The Balaban J connectivity index is 1.62. The number of benzene rings is 1. The average molecular weight is 418 g/mol.